The molecule has 0 heterocycles. The highest BCUT2D eigenvalue weighted by Gasteiger charge is 2.50. The maximum absolute atomic E-state index is 12.0. The lowest BCUT2D eigenvalue weighted by molar-refractivity contribution is -0.120. The Morgan fingerprint density at radius 2 is 2.06 bits per heavy atom. The number of benzene rings is 1. The summed E-state index contributed by atoms with van der Waals surface area (Å²) in [6.45, 7) is 0. The molecule has 2 rings (SSSR count). The number of amides is 2. The third-order valence-electron chi connectivity index (χ3n) is 2.77. The molecule has 0 radical (unpaired) electrons. The number of hydrogen-bond acceptors (Lipinski definition) is 2. The molecule has 0 bridgehead atoms. The molecule has 1 saturated carbocycles. The molecular formula is C11H10BrClN2O2. The number of nitrogens with one attached hydrogen (secondary N) is 1. The summed E-state index contributed by atoms with van der Waals surface area (Å²) in [5.74, 6) is -0.885. The first-order valence-electron chi connectivity index (χ1n) is 5.03. The number of halogens is 2. The molecule has 0 spiro atoms. The average Bonchev–Trinajstić information content (AvgIpc) is 3.03. The molecule has 0 aromatic heterocycles. The highest BCUT2D eigenvalue weighted by molar-refractivity contribution is 9.10. The van der Waals surface area contributed by atoms with Gasteiger partial charge in [0.25, 0.3) is 5.91 Å². The molecule has 1 fully saturated rings. The van der Waals surface area contributed by atoms with Gasteiger partial charge in [0.1, 0.15) is 5.54 Å². The Labute approximate surface area is 112 Å². The van der Waals surface area contributed by atoms with Gasteiger partial charge >= 0.3 is 0 Å². The van der Waals surface area contributed by atoms with E-state index in [2.05, 4.69) is 21.2 Å². The fourth-order valence-corrected chi connectivity index (χ4v) is 2.10. The minimum Gasteiger partial charge on any atom is -0.368 e. The van der Waals surface area contributed by atoms with Crippen LogP contribution in [0.25, 0.3) is 0 Å². The predicted octanol–water partition coefficient (Wildman–Crippen LogP) is 1.85. The highest BCUT2D eigenvalue weighted by atomic mass is 79.9. The van der Waals surface area contributed by atoms with Crippen molar-refractivity contribution in [3.05, 3.63) is 33.3 Å². The van der Waals surface area contributed by atoms with E-state index in [-0.39, 0.29) is 5.91 Å². The molecule has 0 saturated heterocycles. The monoisotopic (exact) mass is 316 g/mol. The van der Waals surface area contributed by atoms with Gasteiger partial charge in [0.15, 0.2) is 0 Å². The Hall–Kier alpha value is -1.07. The van der Waals surface area contributed by atoms with Gasteiger partial charge in [-0.3, -0.25) is 9.59 Å². The van der Waals surface area contributed by atoms with E-state index >= 15 is 0 Å². The summed E-state index contributed by atoms with van der Waals surface area (Å²) >= 11 is 9.23. The minimum atomic E-state index is -0.872. The van der Waals surface area contributed by atoms with Crippen molar-refractivity contribution in [1.82, 2.24) is 5.32 Å². The summed E-state index contributed by atoms with van der Waals surface area (Å²) in [6, 6.07) is 5.04. The van der Waals surface area contributed by atoms with Gasteiger partial charge in [-0.15, -0.1) is 0 Å². The number of carbonyl (C=O) groups is 2. The van der Waals surface area contributed by atoms with Gasteiger partial charge in [-0.2, -0.15) is 0 Å². The number of primary amides is 1. The first kappa shape index (κ1) is 12.4. The van der Waals surface area contributed by atoms with Crippen molar-refractivity contribution in [2.24, 2.45) is 5.73 Å². The molecule has 17 heavy (non-hydrogen) atoms. The smallest absolute Gasteiger partial charge is 0.253 e. The molecule has 90 valence electrons. The van der Waals surface area contributed by atoms with Crippen molar-refractivity contribution < 1.29 is 9.59 Å². The van der Waals surface area contributed by atoms with Crippen LogP contribution in [0.2, 0.25) is 5.02 Å². The van der Waals surface area contributed by atoms with Gasteiger partial charge < -0.3 is 11.1 Å². The Bertz CT molecular complexity index is 500. The number of carbonyl (C=O) groups excluding carboxylic acids is 2. The number of rotatable bonds is 3. The van der Waals surface area contributed by atoms with E-state index in [1.165, 1.54) is 0 Å². The fraction of sp³-hybridized carbons (Fsp3) is 0.273. The fourth-order valence-electron chi connectivity index (χ4n) is 1.52. The molecule has 3 N–H and O–H groups in total. The Morgan fingerprint density at radius 3 is 2.59 bits per heavy atom. The van der Waals surface area contributed by atoms with Gasteiger partial charge in [0.2, 0.25) is 5.91 Å². The third-order valence-corrected chi connectivity index (χ3v) is 4.07. The maximum Gasteiger partial charge on any atom is 0.253 e. The Kier molecular flexibility index (Phi) is 3.14. The van der Waals surface area contributed by atoms with E-state index in [0.29, 0.717) is 27.9 Å². The lowest BCUT2D eigenvalue weighted by atomic mass is 10.1. The van der Waals surface area contributed by atoms with Crippen LogP contribution in [0, 0.1) is 0 Å². The van der Waals surface area contributed by atoms with E-state index in [9.17, 15) is 9.59 Å². The van der Waals surface area contributed by atoms with E-state index in [4.69, 9.17) is 17.3 Å². The van der Waals surface area contributed by atoms with Crippen LogP contribution in [-0.2, 0) is 4.79 Å². The van der Waals surface area contributed by atoms with Crippen LogP contribution >= 0.6 is 27.5 Å². The predicted molar refractivity (Wildman–Crippen MR) is 67.8 cm³/mol. The van der Waals surface area contributed by atoms with Crippen LogP contribution in [-0.4, -0.2) is 17.4 Å². The van der Waals surface area contributed by atoms with Gasteiger partial charge in [0, 0.05) is 4.47 Å². The van der Waals surface area contributed by atoms with Crippen LogP contribution in [0.15, 0.2) is 22.7 Å². The van der Waals surface area contributed by atoms with Crippen LogP contribution in [0.1, 0.15) is 23.2 Å². The molecule has 1 aliphatic rings. The normalized spacial score (nSPS) is 16.4. The Balaban J connectivity index is 2.21. The molecular weight excluding hydrogens is 307 g/mol. The number of hydrogen-bond donors (Lipinski definition) is 2. The maximum atomic E-state index is 12.0. The lowest BCUT2D eigenvalue weighted by Gasteiger charge is -2.14. The third kappa shape index (κ3) is 2.30. The second-order valence-corrected chi connectivity index (χ2v) is 5.23. The van der Waals surface area contributed by atoms with Crippen molar-refractivity contribution in [1.29, 1.82) is 0 Å². The largest absolute Gasteiger partial charge is 0.368 e. The van der Waals surface area contributed by atoms with Gasteiger partial charge in [0.05, 0.1) is 10.6 Å². The summed E-state index contributed by atoms with van der Waals surface area (Å²) in [4.78, 5) is 23.1. The van der Waals surface area contributed by atoms with E-state index in [1.54, 1.807) is 18.2 Å². The van der Waals surface area contributed by atoms with Crippen molar-refractivity contribution >= 4 is 39.3 Å². The summed E-state index contributed by atoms with van der Waals surface area (Å²) in [6.07, 6.45) is 1.17. The minimum absolute atomic E-state index is 0.324. The van der Waals surface area contributed by atoms with Crippen LogP contribution < -0.4 is 11.1 Å². The van der Waals surface area contributed by atoms with Crippen LogP contribution in [0.5, 0.6) is 0 Å². The standard InChI is InChI=1S/C11H10BrClN2O2/c12-7-3-1-2-6(8(7)13)9(16)15-11(4-5-11)10(14)17/h1-3H,4-5H2,(H2,14,17)(H,15,16). The Morgan fingerprint density at radius 1 is 1.41 bits per heavy atom. The average molecular weight is 318 g/mol. The molecule has 0 unspecified atom stereocenters. The molecule has 1 aliphatic carbocycles. The zero-order valence-corrected chi connectivity index (χ0v) is 11.1. The van der Waals surface area contributed by atoms with Crippen molar-refractivity contribution in [3.63, 3.8) is 0 Å². The summed E-state index contributed by atoms with van der Waals surface area (Å²) < 4.78 is 0.635. The zero-order chi connectivity index (χ0) is 12.6. The van der Waals surface area contributed by atoms with Crippen LogP contribution in [0.4, 0.5) is 0 Å². The quantitative estimate of drug-likeness (QED) is 0.893. The number of nitrogens with two attached hydrogens (primary N) is 1. The first-order chi connectivity index (χ1) is 7.96. The molecule has 6 heteroatoms. The zero-order valence-electron chi connectivity index (χ0n) is 8.80. The molecule has 0 aliphatic heterocycles. The molecule has 0 atom stereocenters. The highest BCUT2D eigenvalue weighted by Crippen LogP contribution is 2.36. The SMILES string of the molecule is NC(=O)C1(NC(=O)c2cccc(Br)c2Cl)CC1. The van der Waals surface area contributed by atoms with E-state index in [1.807, 2.05) is 0 Å². The molecule has 4 nitrogen and oxygen atoms in total. The summed E-state index contributed by atoms with van der Waals surface area (Å²) in [7, 11) is 0. The van der Waals surface area contributed by atoms with Crippen molar-refractivity contribution in [2.45, 2.75) is 18.4 Å². The molecule has 1 aromatic rings. The van der Waals surface area contributed by atoms with Crippen LogP contribution in [0.3, 0.4) is 0 Å². The van der Waals surface area contributed by atoms with Gasteiger partial charge in [-0.1, -0.05) is 17.7 Å². The van der Waals surface area contributed by atoms with Crippen molar-refractivity contribution in [2.75, 3.05) is 0 Å². The molecule has 2 amide bonds. The lowest BCUT2D eigenvalue weighted by Crippen LogP contribution is -2.46. The topological polar surface area (TPSA) is 72.2 Å². The van der Waals surface area contributed by atoms with Gasteiger partial charge in [-0.25, -0.2) is 0 Å². The summed E-state index contributed by atoms with van der Waals surface area (Å²) in [5.41, 5.74) is 4.69. The van der Waals surface area contributed by atoms with E-state index < -0.39 is 11.4 Å². The van der Waals surface area contributed by atoms with Crippen molar-refractivity contribution in [3.8, 4) is 0 Å². The summed E-state index contributed by atoms with van der Waals surface area (Å²) in [5, 5.41) is 2.96. The van der Waals surface area contributed by atoms with Gasteiger partial charge in [-0.05, 0) is 40.9 Å². The second kappa shape index (κ2) is 4.31. The first-order valence-corrected chi connectivity index (χ1v) is 6.20. The van der Waals surface area contributed by atoms with E-state index in [0.717, 1.165) is 0 Å². The second-order valence-electron chi connectivity index (χ2n) is 4.00. The molecule has 1 aromatic carbocycles.